The molecule has 0 radical (unpaired) electrons. The molecular formula is C10H14N2O. The van der Waals surface area contributed by atoms with Crippen LogP contribution in [-0.4, -0.2) is 24.9 Å². The summed E-state index contributed by atoms with van der Waals surface area (Å²) in [5, 5.41) is 0. The molecule has 0 saturated carbocycles. The van der Waals surface area contributed by atoms with Crippen LogP contribution in [0.5, 0.6) is 0 Å². The van der Waals surface area contributed by atoms with Gasteiger partial charge in [0, 0.05) is 19.9 Å². The maximum atomic E-state index is 5.38. The molecular weight excluding hydrogens is 164 g/mol. The summed E-state index contributed by atoms with van der Waals surface area (Å²) in [6.07, 6.45) is 6.24. The highest BCUT2D eigenvalue weighted by Gasteiger charge is 2.23. The van der Waals surface area contributed by atoms with Crippen LogP contribution in [0, 0.1) is 0 Å². The second-order valence-electron chi connectivity index (χ2n) is 3.24. The van der Waals surface area contributed by atoms with Crippen LogP contribution in [0.15, 0.2) is 24.5 Å². The van der Waals surface area contributed by atoms with Crippen LogP contribution in [0.2, 0.25) is 0 Å². The van der Waals surface area contributed by atoms with Gasteiger partial charge in [0.2, 0.25) is 0 Å². The molecule has 1 atom stereocenters. The van der Waals surface area contributed by atoms with Crippen LogP contribution in [0.4, 0.5) is 5.69 Å². The van der Waals surface area contributed by atoms with Crippen molar-refractivity contribution in [2.45, 2.75) is 19.1 Å². The van der Waals surface area contributed by atoms with Crippen LogP contribution >= 0.6 is 0 Å². The van der Waals surface area contributed by atoms with Crippen LogP contribution in [0.1, 0.15) is 12.8 Å². The topological polar surface area (TPSA) is 25.4 Å². The molecule has 1 aromatic rings. The average Bonchev–Trinajstić information content (AvgIpc) is 2.67. The average molecular weight is 178 g/mol. The quantitative estimate of drug-likeness (QED) is 0.688. The van der Waals surface area contributed by atoms with Gasteiger partial charge in [-0.1, -0.05) is 0 Å². The first-order valence-corrected chi connectivity index (χ1v) is 4.61. The molecule has 2 rings (SSSR count). The second-order valence-corrected chi connectivity index (χ2v) is 3.24. The minimum atomic E-state index is 0.240. The molecule has 2 heterocycles. The highest BCUT2D eigenvalue weighted by molar-refractivity contribution is 5.45. The molecule has 3 heteroatoms. The van der Waals surface area contributed by atoms with Gasteiger partial charge >= 0.3 is 0 Å². The summed E-state index contributed by atoms with van der Waals surface area (Å²) < 4.78 is 5.38. The van der Waals surface area contributed by atoms with E-state index in [-0.39, 0.29) is 6.23 Å². The monoisotopic (exact) mass is 178 g/mol. The van der Waals surface area contributed by atoms with Gasteiger partial charge in [-0.3, -0.25) is 4.98 Å². The Labute approximate surface area is 78.3 Å². The number of hydrogen-bond donors (Lipinski definition) is 0. The molecule has 70 valence electrons. The molecule has 0 amide bonds. The van der Waals surface area contributed by atoms with E-state index in [0.717, 1.165) is 18.7 Å². The molecule has 0 N–H and O–H groups in total. The lowest BCUT2D eigenvalue weighted by atomic mass is 10.3. The van der Waals surface area contributed by atoms with E-state index in [1.165, 1.54) is 6.42 Å². The number of pyridine rings is 1. The third-order valence-corrected chi connectivity index (χ3v) is 2.45. The fourth-order valence-electron chi connectivity index (χ4n) is 1.80. The molecule has 1 aliphatic heterocycles. The Kier molecular flexibility index (Phi) is 2.45. The first-order valence-electron chi connectivity index (χ1n) is 4.61. The van der Waals surface area contributed by atoms with Crippen molar-refractivity contribution in [2.75, 3.05) is 18.6 Å². The van der Waals surface area contributed by atoms with E-state index in [9.17, 15) is 0 Å². The van der Waals surface area contributed by atoms with Gasteiger partial charge < -0.3 is 9.64 Å². The van der Waals surface area contributed by atoms with Gasteiger partial charge in [-0.05, 0) is 25.0 Å². The van der Waals surface area contributed by atoms with Crippen LogP contribution in [0.3, 0.4) is 0 Å². The zero-order valence-corrected chi connectivity index (χ0v) is 7.81. The van der Waals surface area contributed by atoms with Gasteiger partial charge in [0.1, 0.15) is 6.23 Å². The predicted molar refractivity (Wildman–Crippen MR) is 51.6 cm³/mol. The minimum absolute atomic E-state index is 0.240. The Morgan fingerprint density at radius 1 is 1.62 bits per heavy atom. The number of nitrogens with zero attached hydrogens (tertiary/aromatic N) is 2. The summed E-state index contributed by atoms with van der Waals surface area (Å²) in [7, 11) is 1.76. The van der Waals surface area contributed by atoms with Gasteiger partial charge in [-0.2, -0.15) is 0 Å². The lowest BCUT2D eigenvalue weighted by molar-refractivity contribution is 0.111. The van der Waals surface area contributed by atoms with Gasteiger partial charge in [-0.15, -0.1) is 0 Å². The highest BCUT2D eigenvalue weighted by atomic mass is 16.5. The zero-order valence-electron chi connectivity index (χ0n) is 7.81. The molecule has 1 aliphatic rings. The van der Waals surface area contributed by atoms with Crippen molar-refractivity contribution in [3.05, 3.63) is 24.5 Å². The number of methoxy groups -OCH3 is 1. The third-order valence-electron chi connectivity index (χ3n) is 2.45. The summed E-state index contributed by atoms with van der Waals surface area (Å²) in [4.78, 5) is 6.36. The van der Waals surface area contributed by atoms with E-state index in [4.69, 9.17) is 4.74 Å². The lowest BCUT2D eigenvalue weighted by Crippen LogP contribution is -2.30. The van der Waals surface area contributed by atoms with E-state index in [0.29, 0.717) is 0 Å². The number of aromatic nitrogens is 1. The Hall–Kier alpha value is -1.09. The first kappa shape index (κ1) is 8.51. The molecule has 13 heavy (non-hydrogen) atoms. The fraction of sp³-hybridized carbons (Fsp3) is 0.500. The highest BCUT2D eigenvalue weighted by Crippen LogP contribution is 2.24. The molecule has 3 nitrogen and oxygen atoms in total. The standard InChI is InChI=1S/C10H14N2O/c1-13-10-5-3-7-12(10)9-4-2-6-11-8-9/h2,4,6,8,10H,3,5,7H2,1H3. The maximum Gasteiger partial charge on any atom is 0.129 e. The van der Waals surface area contributed by atoms with Gasteiger partial charge in [0.25, 0.3) is 0 Å². The van der Waals surface area contributed by atoms with Gasteiger partial charge in [-0.25, -0.2) is 0 Å². The predicted octanol–water partition coefficient (Wildman–Crippen LogP) is 1.65. The van der Waals surface area contributed by atoms with Crippen molar-refractivity contribution < 1.29 is 4.74 Å². The molecule has 1 saturated heterocycles. The summed E-state index contributed by atoms with van der Waals surface area (Å²) >= 11 is 0. The number of anilines is 1. The van der Waals surface area contributed by atoms with Crippen molar-refractivity contribution in [3.63, 3.8) is 0 Å². The molecule has 1 aromatic heterocycles. The Morgan fingerprint density at radius 3 is 3.23 bits per heavy atom. The normalized spacial score (nSPS) is 22.2. The van der Waals surface area contributed by atoms with Crippen molar-refractivity contribution in [1.29, 1.82) is 0 Å². The number of rotatable bonds is 2. The fourth-order valence-corrected chi connectivity index (χ4v) is 1.80. The molecule has 0 aliphatic carbocycles. The largest absolute Gasteiger partial charge is 0.362 e. The minimum Gasteiger partial charge on any atom is -0.362 e. The van der Waals surface area contributed by atoms with Crippen LogP contribution in [-0.2, 0) is 4.74 Å². The Bertz CT molecular complexity index is 263. The van der Waals surface area contributed by atoms with Crippen LogP contribution < -0.4 is 4.90 Å². The van der Waals surface area contributed by atoms with E-state index in [1.54, 1.807) is 13.3 Å². The zero-order chi connectivity index (χ0) is 9.10. The first-order chi connectivity index (χ1) is 6.42. The van der Waals surface area contributed by atoms with Crippen molar-refractivity contribution in [2.24, 2.45) is 0 Å². The van der Waals surface area contributed by atoms with Crippen molar-refractivity contribution in [3.8, 4) is 0 Å². The molecule has 0 aromatic carbocycles. The van der Waals surface area contributed by atoms with E-state index < -0.39 is 0 Å². The van der Waals surface area contributed by atoms with Gasteiger partial charge in [0.05, 0.1) is 11.9 Å². The van der Waals surface area contributed by atoms with E-state index in [2.05, 4.69) is 16.0 Å². The molecule has 0 spiro atoms. The summed E-state index contributed by atoms with van der Waals surface area (Å²) in [5.74, 6) is 0. The van der Waals surface area contributed by atoms with E-state index >= 15 is 0 Å². The number of ether oxygens (including phenoxy) is 1. The maximum absolute atomic E-state index is 5.38. The Morgan fingerprint density at radius 2 is 2.54 bits per heavy atom. The number of hydrogen-bond acceptors (Lipinski definition) is 3. The molecule has 1 unspecified atom stereocenters. The summed E-state index contributed by atoms with van der Waals surface area (Å²) in [6.45, 7) is 1.07. The van der Waals surface area contributed by atoms with Gasteiger partial charge in [0.15, 0.2) is 0 Å². The summed E-state index contributed by atoms with van der Waals surface area (Å²) in [6, 6.07) is 4.03. The van der Waals surface area contributed by atoms with Crippen molar-refractivity contribution >= 4 is 5.69 Å². The SMILES string of the molecule is COC1CCCN1c1cccnc1. The lowest BCUT2D eigenvalue weighted by Gasteiger charge is -2.24. The van der Waals surface area contributed by atoms with E-state index in [1.807, 2.05) is 12.3 Å². The molecule has 0 bridgehead atoms. The van der Waals surface area contributed by atoms with Crippen molar-refractivity contribution in [1.82, 2.24) is 4.98 Å². The summed E-state index contributed by atoms with van der Waals surface area (Å²) in [5.41, 5.74) is 1.16. The third kappa shape index (κ3) is 1.65. The second kappa shape index (κ2) is 3.75. The Balaban J connectivity index is 2.16. The van der Waals surface area contributed by atoms with Crippen LogP contribution in [0.25, 0.3) is 0 Å². The molecule has 1 fully saturated rings. The smallest absolute Gasteiger partial charge is 0.129 e.